The van der Waals surface area contributed by atoms with Crippen LogP contribution in [0.5, 0.6) is 0 Å². The summed E-state index contributed by atoms with van der Waals surface area (Å²) in [5, 5.41) is 0. The fourth-order valence-electron chi connectivity index (χ4n) is 2.39. The summed E-state index contributed by atoms with van der Waals surface area (Å²) in [6.07, 6.45) is 2.85. The molecule has 1 atom stereocenters. The maximum Gasteiger partial charge on any atom is 0.327 e. The molecule has 0 radical (unpaired) electrons. The van der Waals surface area contributed by atoms with E-state index in [0.29, 0.717) is 22.3 Å². The van der Waals surface area contributed by atoms with Crippen molar-refractivity contribution in [1.29, 1.82) is 0 Å². The van der Waals surface area contributed by atoms with Gasteiger partial charge in [-0.1, -0.05) is 35.6 Å². The Morgan fingerprint density at radius 3 is 2.32 bits per heavy atom. The average Bonchev–Trinajstić information content (AvgIpc) is 2.49. The molecule has 0 aromatic heterocycles. The number of rotatable bonds is 4. The molecule has 1 saturated carbocycles. The molecule has 1 fully saturated rings. The number of hydrogen-bond donors (Lipinski definition) is 0. The van der Waals surface area contributed by atoms with Crippen molar-refractivity contribution in [2.24, 2.45) is 5.41 Å². The third kappa shape index (κ3) is 3.49. The van der Waals surface area contributed by atoms with Gasteiger partial charge in [0.1, 0.15) is 0 Å². The molecule has 0 aliphatic heterocycles. The zero-order valence-electron chi connectivity index (χ0n) is 11.5. The summed E-state index contributed by atoms with van der Waals surface area (Å²) in [5.41, 5.74) is -0.673. The summed E-state index contributed by atoms with van der Waals surface area (Å²) < 4.78 is 10.6. The Kier molecular flexibility index (Phi) is 6.29. The topological polar surface area (TPSA) is 52.6 Å². The standard InChI is InChI=1S/C14H21IO4/c1-4-18-12(16)14(13(17)19-5-2)8-6-7-11(15)9-10(14)3/h11H,3-9H2,1-2H3. The highest BCUT2D eigenvalue weighted by molar-refractivity contribution is 14.1. The summed E-state index contributed by atoms with van der Waals surface area (Å²) >= 11 is 2.34. The highest BCUT2D eigenvalue weighted by Crippen LogP contribution is 2.42. The predicted octanol–water partition coefficient (Wildman–Crippen LogP) is 3.03. The molecule has 0 spiro atoms. The van der Waals surface area contributed by atoms with Gasteiger partial charge in [-0.2, -0.15) is 0 Å². The van der Waals surface area contributed by atoms with Gasteiger partial charge in [0.2, 0.25) is 0 Å². The highest BCUT2D eigenvalue weighted by Gasteiger charge is 2.51. The van der Waals surface area contributed by atoms with Gasteiger partial charge in [-0.25, -0.2) is 0 Å². The maximum atomic E-state index is 12.3. The van der Waals surface area contributed by atoms with Gasteiger partial charge < -0.3 is 9.47 Å². The molecule has 19 heavy (non-hydrogen) atoms. The summed E-state index contributed by atoms with van der Waals surface area (Å²) in [5.74, 6) is -1.02. The van der Waals surface area contributed by atoms with E-state index in [4.69, 9.17) is 9.47 Å². The highest BCUT2D eigenvalue weighted by atomic mass is 127. The number of carbonyl (C=O) groups is 2. The lowest BCUT2D eigenvalue weighted by Crippen LogP contribution is -2.43. The van der Waals surface area contributed by atoms with Gasteiger partial charge in [0.15, 0.2) is 5.41 Å². The van der Waals surface area contributed by atoms with Crippen molar-refractivity contribution in [3.05, 3.63) is 12.2 Å². The molecule has 5 heteroatoms. The van der Waals surface area contributed by atoms with Crippen LogP contribution in [0.1, 0.15) is 39.5 Å². The van der Waals surface area contributed by atoms with Crippen LogP contribution in [0.25, 0.3) is 0 Å². The predicted molar refractivity (Wildman–Crippen MR) is 81.1 cm³/mol. The van der Waals surface area contributed by atoms with E-state index in [2.05, 4.69) is 29.2 Å². The third-order valence-corrected chi connectivity index (χ3v) is 4.45. The largest absolute Gasteiger partial charge is 0.465 e. The van der Waals surface area contributed by atoms with Crippen LogP contribution < -0.4 is 0 Å². The van der Waals surface area contributed by atoms with Gasteiger partial charge in [-0.15, -0.1) is 0 Å². The van der Waals surface area contributed by atoms with Crippen LogP contribution in [0.3, 0.4) is 0 Å². The average molecular weight is 380 g/mol. The lowest BCUT2D eigenvalue weighted by atomic mass is 9.77. The van der Waals surface area contributed by atoms with Gasteiger partial charge in [0, 0.05) is 3.92 Å². The molecule has 0 amide bonds. The number of esters is 2. The van der Waals surface area contributed by atoms with E-state index >= 15 is 0 Å². The summed E-state index contributed by atoms with van der Waals surface area (Å²) in [6.45, 7) is 7.95. The van der Waals surface area contributed by atoms with Crippen LogP contribution >= 0.6 is 22.6 Å². The van der Waals surface area contributed by atoms with Crippen molar-refractivity contribution in [2.75, 3.05) is 13.2 Å². The van der Waals surface area contributed by atoms with Crippen molar-refractivity contribution in [3.8, 4) is 0 Å². The van der Waals surface area contributed by atoms with Crippen LogP contribution in [0.4, 0.5) is 0 Å². The SMILES string of the molecule is C=C1CC(I)CCCC1(C(=O)OCC)C(=O)OCC. The first-order valence-corrected chi connectivity index (χ1v) is 7.90. The fourth-order valence-corrected chi connectivity index (χ4v) is 3.37. The Bertz CT molecular complexity index is 346. The number of alkyl halides is 1. The number of hydrogen-bond acceptors (Lipinski definition) is 4. The van der Waals surface area contributed by atoms with Gasteiger partial charge in [-0.3, -0.25) is 9.59 Å². The molecular formula is C14H21IO4. The van der Waals surface area contributed by atoms with Crippen molar-refractivity contribution in [2.45, 2.75) is 43.5 Å². The number of halogens is 1. The third-order valence-electron chi connectivity index (χ3n) is 3.39. The summed E-state index contributed by atoms with van der Waals surface area (Å²) in [6, 6.07) is 0. The van der Waals surface area contributed by atoms with E-state index < -0.39 is 17.4 Å². The molecule has 0 aromatic carbocycles. The molecule has 1 unspecified atom stereocenters. The van der Waals surface area contributed by atoms with E-state index in [0.717, 1.165) is 12.8 Å². The quantitative estimate of drug-likeness (QED) is 0.188. The van der Waals surface area contributed by atoms with Crippen molar-refractivity contribution in [3.63, 3.8) is 0 Å². The summed E-state index contributed by atoms with van der Waals surface area (Å²) in [7, 11) is 0. The molecule has 0 heterocycles. The zero-order valence-corrected chi connectivity index (χ0v) is 13.7. The van der Waals surface area contributed by atoms with Crippen LogP contribution in [-0.4, -0.2) is 29.1 Å². The van der Waals surface area contributed by atoms with Crippen LogP contribution in [0, 0.1) is 5.41 Å². The minimum Gasteiger partial charge on any atom is -0.465 e. The Labute approximate surface area is 128 Å². The first-order valence-electron chi connectivity index (χ1n) is 6.65. The van der Waals surface area contributed by atoms with E-state index in [1.54, 1.807) is 13.8 Å². The van der Waals surface area contributed by atoms with E-state index in [-0.39, 0.29) is 13.2 Å². The van der Waals surface area contributed by atoms with Gasteiger partial charge in [-0.05, 0) is 38.7 Å². The number of carbonyl (C=O) groups excluding carboxylic acids is 2. The van der Waals surface area contributed by atoms with Gasteiger partial charge in [0.05, 0.1) is 13.2 Å². The minimum absolute atomic E-state index is 0.251. The second-order valence-corrected chi connectivity index (χ2v) is 6.41. The van der Waals surface area contributed by atoms with Crippen LogP contribution in [-0.2, 0) is 19.1 Å². The number of ether oxygens (including phenoxy) is 2. The lowest BCUT2D eigenvalue weighted by Gasteiger charge is -2.29. The van der Waals surface area contributed by atoms with Crippen molar-refractivity contribution in [1.82, 2.24) is 0 Å². The van der Waals surface area contributed by atoms with Crippen molar-refractivity contribution >= 4 is 34.5 Å². The molecule has 0 bridgehead atoms. The van der Waals surface area contributed by atoms with Gasteiger partial charge in [0.25, 0.3) is 0 Å². The molecule has 108 valence electrons. The Balaban J connectivity index is 3.12. The van der Waals surface area contributed by atoms with E-state index in [1.165, 1.54) is 0 Å². The smallest absolute Gasteiger partial charge is 0.327 e. The van der Waals surface area contributed by atoms with Crippen LogP contribution in [0.15, 0.2) is 12.2 Å². The van der Waals surface area contributed by atoms with E-state index in [1.807, 2.05) is 0 Å². The molecule has 1 aliphatic rings. The monoisotopic (exact) mass is 380 g/mol. The normalized spacial score (nSPS) is 22.5. The zero-order chi connectivity index (χ0) is 14.5. The summed E-state index contributed by atoms with van der Waals surface area (Å²) in [4.78, 5) is 24.6. The lowest BCUT2D eigenvalue weighted by molar-refractivity contribution is -0.169. The Hall–Kier alpha value is -0.590. The van der Waals surface area contributed by atoms with Crippen molar-refractivity contribution < 1.29 is 19.1 Å². The maximum absolute atomic E-state index is 12.3. The first-order chi connectivity index (χ1) is 8.98. The Morgan fingerprint density at radius 1 is 1.32 bits per heavy atom. The molecule has 0 aromatic rings. The first kappa shape index (κ1) is 16.5. The van der Waals surface area contributed by atoms with Crippen LogP contribution in [0.2, 0.25) is 0 Å². The molecule has 0 N–H and O–H groups in total. The fraction of sp³-hybridized carbons (Fsp3) is 0.714. The minimum atomic E-state index is -1.30. The molecule has 1 aliphatic carbocycles. The molecule has 4 nitrogen and oxygen atoms in total. The second-order valence-electron chi connectivity index (χ2n) is 4.64. The Morgan fingerprint density at radius 2 is 1.84 bits per heavy atom. The van der Waals surface area contributed by atoms with E-state index in [9.17, 15) is 9.59 Å². The molecular weight excluding hydrogens is 359 g/mol. The van der Waals surface area contributed by atoms with Gasteiger partial charge >= 0.3 is 11.9 Å². The molecule has 1 rings (SSSR count). The second kappa shape index (κ2) is 7.26. The molecule has 0 saturated heterocycles.